The van der Waals surface area contributed by atoms with Crippen LogP contribution in [0.2, 0.25) is 0 Å². The van der Waals surface area contributed by atoms with Crippen molar-refractivity contribution in [2.75, 3.05) is 32.4 Å². The van der Waals surface area contributed by atoms with Gasteiger partial charge in [0.05, 0.1) is 6.54 Å². The van der Waals surface area contributed by atoms with Crippen LogP contribution in [-0.2, 0) is 0 Å². The molecule has 2 unspecified atom stereocenters. The minimum Gasteiger partial charge on any atom is -0.357 e. The molecule has 0 aliphatic heterocycles. The van der Waals surface area contributed by atoms with Gasteiger partial charge in [0.15, 0.2) is 5.96 Å². The Morgan fingerprint density at radius 2 is 2.00 bits per heavy atom. The molecule has 0 aromatic heterocycles. The second kappa shape index (κ2) is 8.61. The van der Waals surface area contributed by atoms with Crippen LogP contribution in [-0.4, -0.2) is 60.6 Å². The molecule has 3 aliphatic rings. The Labute approximate surface area is 146 Å². The van der Waals surface area contributed by atoms with Crippen molar-refractivity contribution < 1.29 is 0 Å². The number of hydrogen-bond donors (Lipinski definition) is 2. The van der Waals surface area contributed by atoms with Gasteiger partial charge in [0.2, 0.25) is 0 Å². The first-order valence-electron chi connectivity index (χ1n) is 9.60. The maximum atomic E-state index is 4.85. The van der Waals surface area contributed by atoms with Crippen LogP contribution < -0.4 is 10.6 Å². The van der Waals surface area contributed by atoms with Crippen molar-refractivity contribution in [3.05, 3.63) is 0 Å². The Balaban J connectivity index is 1.43. The van der Waals surface area contributed by atoms with Crippen LogP contribution in [0.25, 0.3) is 0 Å². The molecule has 0 aromatic rings. The molecule has 132 valence electrons. The fourth-order valence-corrected chi connectivity index (χ4v) is 4.38. The minimum atomic E-state index is 0.608. The molecular formula is C18H34N4S. The van der Waals surface area contributed by atoms with E-state index in [2.05, 4.69) is 28.7 Å². The summed E-state index contributed by atoms with van der Waals surface area (Å²) >= 11 is 2.01. The topological polar surface area (TPSA) is 39.7 Å². The fourth-order valence-electron chi connectivity index (χ4n) is 3.58. The molecular weight excluding hydrogens is 304 g/mol. The summed E-state index contributed by atoms with van der Waals surface area (Å²) in [5.41, 5.74) is 0. The highest BCUT2D eigenvalue weighted by Gasteiger charge is 2.33. The zero-order valence-electron chi connectivity index (χ0n) is 14.9. The highest BCUT2D eigenvalue weighted by molar-refractivity contribution is 7.99. The van der Waals surface area contributed by atoms with Crippen LogP contribution in [0.5, 0.6) is 0 Å². The molecule has 4 nitrogen and oxygen atoms in total. The summed E-state index contributed by atoms with van der Waals surface area (Å²) in [5.74, 6) is 2.02. The van der Waals surface area contributed by atoms with E-state index in [1.165, 1.54) is 51.5 Å². The summed E-state index contributed by atoms with van der Waals surface area (Å²) in [6.07, 6.45) is 11.9. The predicted octanol–water partition coefficient (Wildman–Crippen LogP) is 2.70. The molecule has 5 heteroatoms. The maximum Gasteiger partial charge on any atom is 0.191 e. The van der Waals surface area contributed by atoms with E-state index in [1.807, 2.05) is 11.8 Å². The van der Waals surface area contributed by atoms with E-state index >= 15 is 0 Å². The van der Waals surface area contributed by atoms with Gasteiger partial charge in [0.25, 0.3) is 0 Å². The lowest BCUT2D eigenvalue weighted by molar-refractivity contribution is 0.260. The summed E-state index contributed by atoms with van der Waals surface area (Å²) in [6, 6.07) is 1.48. The van der Waals surface area contributed by atoms with E-state index in [9.17, 15) is 0 Å². The predicted molar refractivity (Wildman–Crippen MR) is 101 cm³/mol. The number of nitrogens with zero attached hydrogens (tertiary/aromatic N) is 2. The lowest BCUT2D eigenvalue weighted by Gasteiger charge is -2.21. The van der Waals surface area contributed by atoms with E-state index < -0.39 is 0 Å². The van der Waals surface area contributed by atoms with Crippen molar-refractivity contribution >= 4 is 17.7 Å². The Morgan fingerprint density at radius 1 is 1.17 bits per heavy atom. The summed E-state index contributed by atoms with van der Waals surface area (Å²) < 4.78 is 0. The van der Waals surface area contributed by atoms with Crippen LogP contribution >= 0.6 is 11.8 Å². The molecule has 23 heavy (non-hydrogen) atoms. The van der Waals surface area contributed by atoms with E-state index in [0.29, 0.717) is 6.04 Å². The van der Waals surface area contributed by atoms with Crippen LogP contribution in [0.15, 0.2) is 4.99 Å². The van der Waals surface area contributed by atoms with Crippen LogP contribution in [0.3, 0.4) is 0 Å². The van der Waals surface area contributed by atoms with Gasteiger partial charge < -0.3 is 10.6 Å². The van der Waals surface area contributed by atoms with Crippen molar-refractivity contribution in [1.82, 2.24) is 15.5 Å². The summed E-state index contributed by atoms with van der Waals surface area (Å²) in [6.45, 7) is 6.48. The second-order valence-electron chi connectivity index (χ2n) is 7.44. The highest BCUT2D eigenvalue weighted by Crippen LogP contribution is 2.34. The van der Waals surface area contributed by atoms with Crippen molar-refractivity contribution in [3.8, 4) is 0 Å². The quantitative estimate of drug-likeness (QED) is 0.501. The van der Waals surface area contributed by atoms with Crippen LogP contribution in [0.1, 0.15) is 51.9 Å². The molecule has 0 spiro atoms. The molecule has 0 saturated heterocycles. The molecule has 2 N–H and O–H groups in total. The fraction of sp³-hybridized carbons (Fsp3) is 0.944. The van der Waals surface area contributed by atoms with Crippen molar-refractivity contribution in [2.24, 2.45) is 10.9 Å². The first-order valence-corrected chi connectivity index (χ1v) is 10.9. The smallest absolute Gasteiger partial charge is 0.191 e. The summed E-state index contributed by atoms with van der Waals surface area (Å²) in [5, 5.41) is 7.92. The lowest BCUT2D eigenvalue weighted by Crippen LogP contribution is -2.43. The molecule has 0 radical (unpaired) electrons. The Bertz CT molecular complexity index is 392. The van der Waals surface area contributed by atoms with Gasteiger partial charge in [0, 0.05) is 37.0 Å². The first-order chi connectivity index (χ1) is 11.3. The average Bonchev–Trinajstić information content (AvgIpc) is 3.46. The molecule has 0 heterocycles. The highest BCUT2D eigenvalue weighted by atomic mass is 32.2. The lowest BCUT2D eigenvalue weighted by atomic mass is 10.2. The van der Waals surface area contributed by atoms with Crippen molar-refractivity contribution in [2.45, 2.75) is 69.2 Å². The van der Waals surface area contributed by atoms with E-state index in [4.69, 9.17) is 4.99 Å². The Kier molecular flexibility index (Phi) is 6.52. The van der Waals surface area contributed by atoms with Gasteiger partial charge in [-0.2, -0.15) is 11.8 Å². The zero-order chi connectivity index (χ0) is 16.1. The number of nitrogens with one attached hydrogen (secondary N) is 2. The van der Waals surface area contributed by atoms with Gasteiger partial charge in [-0.1, -0.05) is 0 Å². The third-order valence-corrected chi connectivity index (χ3v) is 6.41. The molecule has 3 saturated carbocycles. The molecule has 0 aromatic carbocycles. The van der Waals surface area contributed by atoms with Crippen molar-refractivity contribution in [3.63, 3.8) is 0 Å². The zero-order valence-corrected chi connectivity index (χ0v) is 15.7. The molecule has 3 aliphatic carbocycles. The molecule has 3 rings (SSSR count). The molecule has 0 bridgehead atoms. The largest absolute Gasteiger partial charge is 0.357 e. The number of guanidine groups is 1. The third kappa shape index (κ3) is 5.86. The van der Waals surface area contributed by atoms with E-state index in [-0.39, 0.29) is 0 Å². The standard InChI is InChI=1S/C18H34N4S/c1-3-19-18(21-15-6-9-17(12-15)23-2)20-10-11-22(16-7-8-16)13-14-4-5-14/h14-17H,3-13H2,1-2H3,(H2,19,20,21). The SMILES string of the molecule is CCNC(=NCCN(CC1CC1)C1CC1)NC1CCC(SC)C1. The van der Waals surface area contributed by atoms with Crippen LogP contribution in [0, 0.1) is 5.92 Å². The maximum absolute atomic E-state index is 4.85. The molecule has 0 amide bonds. The third-order valence-electron chi connectivity index (χ3n) is 5.31. The van der Waals surface area contributed by atoms with Gasteiger partial charge in [-0.25, -0.2) is 0 Å². The van der Waals surface area contributed by atoms with Crippen molar-refractivity contribution in [1.29, 1.82) is 0 Å². The van der Waals surface area contributed by atoms with Gasteiger partial charge in [0.1, 0.15) is 0 Å². The van der Waals surface area contributed by atoms with Gasteiger partial charge in [-0.15, -0.1) is 0 Å². The molecule has 3 fully saturated rings. The second-order valence-corrected chi connectivity index (χ2v) is 8.58. The minimum absolute atomic E-state index is 0.608. The summed E-state index contributed by atoms with van der Waals surface area (Å²) in [4.78, 5) is 7.55. The van der Waals surface area contributed by atoms with E-state index in [0.717, 1.165) is 42.8 Å². The number of aliphatic imine (C=N–C) groups is 1. The van der Waals surface area contributed by atoms with Gasteiger partial charge in [-0.05, 0) is 64.0 Å². The number of hydrogen-bond acceptors (Lipinski definition) is 3. The number of rotatable bonds is 9. The Hall–Kier alpha value is -0.420. The number of thioether (sulfide) groups is 1. The van der Waals surface area contributed by atoms with E-state index in [1.54, 1.807) is 0 Å². The summed E-state index contributed by atoms with van der Waals surface area (Å²) in [7, 11) is 0. The molecule has 2 atom stereocenters. The van der Waals surface area contributed by atoms with Crippen LogP contribution in [0.4, 0.5) is 0 Å². The normalized spacial score (nSPS) is 28.4. The Morgan fingerprint density at radius 3 is 2.61 bits per heavy atom. The van der Waals surface area contributed by atoms with Gasteiger partial charge >= 0.3 is 0 Å². The average molecular weight is 339 g/mol. The monoisotopic (exact) mass is 338 g/mol. The first kappa shape index (κ1) is 17.4. The van der Waals surface area contributed by atoms with Gasteiger partial charge in [-0.3, -0.25) is 9.89 Å².